The van der Waals surface area contributed by atoms with Crippen LogP contribution in [0.5, 0.6) is 0 Å². The standard InChI is InChI=1S/C20H21N7O2S/c21-17(28)13-6-3-9-24-15(13)12-5-4-10-27(11-12)20-26-16(18(22)29)19(30-20)25-14-7-1-2-8-23-14/h1-3,6-9,12H,4-5,10-11H2,(H2,21,28)(H2,22,29)(H,23,25)/t12-/m1/s1. The Labute approximate surface area is 177 Å². The number of piperidine rings is 1. The minimum Gasteiger partial charge on any atom is -0.366 e. The summed E-state index contributed by atoms with van der Waals surface area (Å²) < 4.78 is 0. The van der Waals surface area contributed by atoms with E-state index in [1.54, 1.807) is 30.6 Å². The number of carbonyl (C=O) groups excluding carboxylic acids is 2. The van der Waals surface area contributed by atoms with Crippen molar-refractivity contribution in [3.63, 3.8) is 0 Å². The molecule has 1 aliphatic rings. The third-order valence-electron chi connectivity index (χ3n) is 4.94. The first kappa shape index (κ1) is 19.8. The first-order chi connectivity index (χ1) is 14.5. The lowest BCUT2D eigenvalue weighted by molar-refractivity contribution is 0.0989. The minimum atomic E-state index is -0.606. The molecule has 3 aromatic rings. The van der Waals surface area contributed by atoms with Crippen molar-refractivity contribution >= 4 is 39.1 Å². The van der Waals surface area contributed by atoms with Crippen LogP contribution in [-0.4, -0.2) is 39.9 Å². The molecule has 1 aliphatic heterocycles. The maximum absolute atomic E-state index is 11.9. The topological polar surface area (TPSA) is 140 Å². The van der Waals surface area contributed by atoms with Crippen LogP contribution in [-0.2, 0) is 0 Å². The summed E-state index contributed by atoms with van der Waals surface area (Å²) >= 11 is 1.35. The van der Waals surface area contributed by atoms with Crippen molar-refractivity contribution in [2.75, 3.05) is 23.3 Å². The van der Waals surface area contributed by atoms with E-state index >= 15 is 0 Å². The highest BCUT2D eigenvalue weighted by Crippen LogP contribution is 2.36. The van der Waals surface area contributed by atoms with E-state index in [1.165, 1.54) is 11.3 Å². The van der Waals surface area contributed by atoms with Crippen LogP contribution >= 0.6 is 11.3 Å². The third-order valence-corrected chi connectivity index (χ3v) is 5.97. The van der Waals surface area contributed by atoms with Gasteiger partial charge in [-0.25, -0.2) is 9.97 Å². The second kappa shape index (κ2) is 8.46. The summed E-state index contributed by atoms with van der Waals surface area (Å²) in [5.41, 5.74) is 12.4. The molecule has 2 amide bonds. The molecule has 10 heteroatoms. The van der Waals surface area contributed by atoms with Crippen molar-refractivity contribution in [2.45, 2.75) is 18.8 Å². The number of anilines is 3. The highest BCUT2D eigenvalue weighted by atomic mass is 32.1. The number of amides is 2. The van der Waals surface area contributed by atoms with Gasteiger partial charge in [0.2, 0.25) is 0 Å². The quantitative estimate of drug-likeness (QED) is 0.552. The molecule has 5 N–H and O–H groups in total. The van der Waals surface area contributed by atoms with Crippen LogP contribution in [0.1, 0.15) is 45.3 Å². The van der Waals surface area contributed by atoms with E-state index in [4.69, 9.17) is 11.5 Å². The predicted molar refractivity (Wildman–Crippen MR) is 115 cm³/mol. The zero-order chi connectivity index (χ0) is 21.1. The van der Waals surface area contributed by atoms with E-state index in [-0.39, 0.29) is 11.6 Å². The Balaban J connectivity index is 1.60. The van der Waals surface area contributed by atoms with Gasteiger partial charge >= 0.3 is 0 Å². The fraction of sp³-hybridized carbons (Fsp3) is 0.250. The Bertz CT molecular complexity index is 1070. The van der Waals surface area contributed by atoms with E-state index in [0.29, 0.717) is 33.8 Å². The van der Waals surface area contributed by atoms with Crippen LogP contribution in [0, 0.1) is 0 Å². The summed E-state index contributed by atoms with van der Waals surface area (Å²) in [6, 6.07) is 8.87. The van der Waals surface area contributed by atoms with E-state index < -0.39 is 11.8 Å². The smallest absolute Gasteiger partial charge is 0.270 e. The Morgan fingerprint density at radius 3 is 2.67 bits per heavy atom. The summed E-state index contributed by atoms with van der Waals surface area (Å²) in [6.45, 7) is 1.40. The maximum Gasteiger partial charge on any atom is 0.270 e. The number of thiazole rings is 1. The second-order valence-corrected chi connectivity index (χ2v) is 7.94. The number of hydrogen-bond acceptors (Lipinski definition) is 8. The average Bonchev–Trinajstić information content (AvgIpc) is 3.19. The number of nitrogens with two attached hydrogens (primary N) is 2. The zero-order valence-corrected chi connectivity index (χ0v) is 16.9. The van der Waals surface area contributed by atoms with Crippen LogP contribution in [0.3, 0.4) is 0 Å². The second-order valence-electron chi connectivity index (χ2n) is 6.96. The Kier molecular flexibility index (Phi) is 5.57. The molecule has 1 saturated heterocycles. The number of carbonyl (C=O) groups is 2. The van der Waals surface area contributed by atoms with Crippen LogP contribution in [0.4, 0.5) is 16.0 Å². The summed E-state index contributed by atoms with van der Waals surface area (Å²) in [7, 11) is 0. The molecule has 0 aliphatic carbocycles. The van der Waals surface area contributed by atoms with Gasteiger partial charge in [-0.15, -0.1) is 0 Å². The third kappa shape index (κ3) is 4.08. The molecule has 9 nitrogen and oxygen atoms in total. The molecule has 154 valence electrons. The number of pyridine rings is 2. The SMILES string of the molecule is NC(=O)c1cccnc1[C@@H]1CCCN(c2nc(C(N)=O)c(Nc3ccccn3)s2)C1. The molecule has 0 unspecified atom stereocenters. The van der Waals surface area contributed by atoms with Gasteiger partial charge in [0.05, 0.1) is 11.3 Å². The van der Waals surface area contributed by atoms with Gasteiger partial charge < -0.3 is 21.7 Å². The number of hydrogen-bond donors (Lipinski definition) is 3. The normalized spacial score (nSPS) is 16.3. The molecule has 0 spiro atoms. The molecule has 0 bridgehead atoms. The molecule has 4 rings (SSSR count). The van der Waals surface area contributed by atoms with E-state index in [1.807, 2.05) is 12.1 Å². The van der Waals surface area contributed by atoms with E-state index in [9.17, 15) is 9.59 Å². The molecule has 0 radical (unpaired) electrons. The number of rotatable bonds is 6. The molecule has 0 aromatic carbocycles. The monoisotopic (exact) mass is 423 g/mol. The van der Waals surface area contributed by atoms with Crippen molar-refractivity contribution in [3.8, 4) is 0 Å². The molecule has 0 saturated carbocycles. The molecule has 1 atom stereocenters. The summed E-state index contributed by atoms with van der Waals surface area (Å²) in [4.78, 5) is 39.0. The van der Waals surface area contributed by atoms with Gasteiger partial charge in [-0.2, -0.15) is 0 Å². The lowest BCUT2D eigenvalue weighted by atomic mass is 9.91. The highest BCUT2D eigenvalue weighted by Gasteiger charge is 2.28. The summed E-state index contributed by atoms with van der Waals surface area (Å²) in [6.07, 6.45) is 5.12. The van der Waals surface area contributed by atoms with Gasteiger partial charge in [0.15, 0.2) is 10.8 Å². The molecular weight excluding hydrogens is 402 g/mol. The lowest BCUT2D eigenvalue weighted by Crippen LogP contribution is -2.35. The predicted octanol–water partition coefficient (Wildman–Crippen LogP) is 2.26. The molecular formula is C20H21N7O2S. The van der Waals surface area contributed by atoms with Crippen LogP contribution < -0.4 is 21.7 Å². The van der Waals surface area contributed by atoms with E-state index in [0.717, 1.165) is 19.4 Å². The Morgan fingerprint density at radius 1 is 1.10 bits per heavy atom. The number of nitrogens with one attached hydrogen (secondary N) is 1. The number of aromatic nitrogens is 3. The molecule has 1 fully saturated rings. The highest BCUT2D eigenvalue weighted by molar-refractivity contribution is 7.20. The maximum atomic E-state index is 11.9. The lowest BCUT2D eigenvalue weighted by Gasteiger charge is -2.32. The van der Waals surface area contributed by atoms with Crippen molar-refractivity contribution in [2.24, 2.45) is 11.5 Å². The van der Waals surface area contributed by atoms with Gasteiger partial charge in [-0.05, 0) is 37.1 Å². The van der Waals surface area contributed by atoms with Gasteiger partial charge in [0.25, 0.3) is 11.8 Å². The number of nitrogens with zero attached hydrogens (tertiary/aromatic N) is 4. The van der Waals surface area contributed by atoms with E-state index in [2.05, 4.69) is 25.2 Å². The Morgan fingerprint density at radius 2 is 1.93 bits per heavy atom. The largest absolute Gasteiger partial charge is 0.366 e. The van der Waals surface area contributed by atoms with Crippen molar-refractivity contribution < 1.29 is 9.59 Å². The van der Waals surface area contributed by atoms with Crippen LogP contribution in [0.15, 0.2) is 42.7 Å². The zero-order valence-electron chi connectivity index (χ0n) is 16.1. The average molecular weight is 424 g/mol. The summed E-state index contributed by atoms with van der Waals surface area (Å²) in [5.74, 6) is -0.450. The first-order valence-electron chi connectivity index (χ1n) is 9.51. The van der Waals surface area contributed by atoms with Crippen molar-refractivity contribution in [1.82, 2.24) is 15.0 Å². The van der Waals surface area contributed by atoms with Gasteiger partial charge in [0, 0.05) is 31.4 Å². The van der Waals surface area contributed by atoms with Gasteiger partial charge in [-0.1, -0.05) is 17.4 Å². The van der Waals surface area contributed by atoms with Gasteiger partial charge in [-0.3, -0.25) is 14.6 Å². The van der Waals surface area contributed by atoms with Crippen molar-refractivity contribution in [1.29, 1.82) is 0 Å². The van der Waals surface area contributed by atoms with Crippen LogP contribution in [0.25, 0.3) is 0 Å². The van der Waals surface area contributed by atoms with Crippen molar-refractivity contribution in [3.05, 3.63) is 59.7 Å². The fourth-order valence-electron chi connectivity index (χ4n) is 3.57. The number of primary amides is 2. The first-order valence-corrected chi connectivity index (χ1v) is 10.3. The summed E-state index contributed by atoms with van der Waals surface area (Å²) in [5, 5.41) is 4.36. The van der Waals surface area contributed by atoms with Crippen LogP contribution in [0.2, 0.25) is 0 Å². The fourth-order valence-corrected chi connectivity index (χ4v) is 4.59. The van der Waals surface area contributed by atoms with Gasteiger partial charge in [0.1, 0.15) is 10.8 Å². The molecule has 4 heterocycles. The Hall–Kier alpha value is -3.53. The molecule has 3 aromatic heterocycles. The molecule has 30 heavy (non-hydrogen) atoms. The minimum absolute atomic E-state index is 0.0376.